The molecule has 0 bridgehead atoms. The van der Waals surface area contributed by atoms with E-state index in [9.17, 15) is 13.2 Å². The summed E-state index contributed by atoms with van der Waals surface area (Å²) in [6, 6.07) is 13.1. The van der Waals surface area contributed by atoms with Crippen LogP contribution < -0.4 is 20.7 Å². The molecular weight excluding hydrogens is 354 g/mol. The number of sulfonamides is 1. The van der Waals surface area contributed by atoms with E-state index < -0.39 is 15.9 Å². The van der Waals surface area contributed by atoms with Crippen molar-refractivity contribution in [1.82, 2.24) is 10.1 Å². The van der Waals surface area contributed by atoms with Gasteiger partial charge in [-0.3, -0.25) is 10.2 Å². The molecule has 2 rings (SSSR count). The largest absolute Gasteiger partial charge is 0.482 e. The van der Waals surface area contributed by atoms with Crippen molar-refractivity contribution in [3.8, 4) is 5.75 Å². The van der Waals surface area contributed by atoms with E-state index in [1.807, 2.05) is 35.8 Å². The van der Waals surface area contributed by atoms with Crippen LogP contribution in [0.15, 0.2) is 53.4 Å². The van der Waals surface area contributed by atoms with Crippen LogP contribution >= 0.6 is 11.6 Å². The van der Waals surface area contributed by atoms with Gasteiger partial charge in [0.2, 0.25) is 10.0 Å². The summed E-state index contributed by atoms with van der Waals surface area (Å²) >= 11 is 6.00. The van der Waals surface area contributed by atoms with Gasteiger partial charge < -0.3 is 4.74 Å². The summed E-state index contributed by atoms with van der Waals surface area (Å²) in [7, 11) is -3.72. The minimum atomic E-state index is -3.72. The molecule has 0 aliphatic carbocycles. The first-order chi connectivity index (χ1) is 11.4. The second-order valence-corrected chi connectivity index (χ2v) is 6.93. The zero-order valence-electron chi connectivity index (χ0n) is 12.5. The minimum Gasteiger partial charge on any atom is -0.482 e. The van der Waals surface area contributed by atoms with Crippen molar-refractivity contribution in [3.63, 3.8) is 0 Å². The third-order valence-corrected chi connectivity index (χ3v) is 4.74. The van der Waals surface area contributed by atoms with Gasteiger partial charge in [-0.15, -0.1) is 0 Å². The molecule has 0 unspecified atom stereocenters. The van der Waals surface area contributed by atoms with E-state index in [0.717, 1.165) is 5.56 Å². The molecule has 0 atom stereocenters. The van der Waals surface area contributed by atoms with Gasteiger partial charge in [-0.25, -0.2) is 19.0 Å². The standard InChI is InChI=1S/C15H16ClN3O4S/c16-13-8-12(6-7-14(13)23-10-15(20)19-17)24(21,22)18-9-11-4-2-1-3-5-11/h1-8,18H,9-10,17H2,(H,19,20). The van der Waals surface area contributed by atoms with Crippen LogP contribution in [0.3, 0.4) is 0 Å². The molecule has 0 saturated carbocycles. The van der Waals surface area contributed by atoms with Gasteiger partial charge in [0.1, 0.15) is 5.75 Å². The lowest BCUT2D eigenvalue weighted by Gasteiger charge is -2.10. The van der Waals surface area contributed by atoms with Crippen molar-refractivity contribution in [2.24, 2.45) is 5.84 Å². The van der Waals surface area contributed by atoms with E-state index >= 15 is 0 Å². The van der Waals surface area contributed by atoms with E-state index in [-0.39, 0.29) is 28.8 Å². The Kier molecular flexibility index (Phi) is 6.16. The number of rotatable bonds is 7. The molecule has 24 heavy (non-hydrogen) atoms. The summed E-state index contributed by atoms with van der Waals surface area (Å²) in [5, 5.41) is 0.0717. The van der Waals surface area contributed by atoms with Crippen molar-refractivity contribution in [1.29, 1.82) is 0 Å². The highest BCUT2D eigenvalue weighted by Crippen LogP contribution is 2.27. The molecule has 0 aliphatic rings. The summed E-state index contributed by atoms with van der Waals surface area (Å²) in [5.74, 6) is 4.58. The lowest BCUT2D eigenvalue weighted by molar-refractivity contribution is -0.123. The Morgan fingerprint density at radius 3 is 2.50 bits per heavy atom. The maximum absolute atomic E-state index is 12.3. The topological polar surface area (TPSA) is 111 Å². The molecule has 0 radical (unpaired) electrons. The average Bonchev–Trinajstić information content (AvgIpc) is 2.59. The number of carbonyl (C=O) groups is 1. The van der Waals surface area contributed by atoms with Crippen LogP contribution in [0.2, 0.25) is 5.02 Å². The first-order valence-corrected chi connectivity index (χ1v) is 8.74. The monoisotopic (exact) mass is 369 g/mol. The Balaban J connectivity index is 2.07. The Labute approximate surface area is 144 Å². The lowest BCUT2D eigenvalue weighted by Crippen LogP contribution is -2.34. The molecule has 7 nitrogen and oxygen atoms in total. The number of carbonyl (C=O) groups excluding carboxylic acids is 1. The molecule has 0 saturated heterocycles. The smallest absolute Gasteiger partial charge is 0.271 e. The van der Waals surface area contributed by atoms with Gasteiger partial charge >= 0.3 is 0 Å². The van der Waals surface area contributed by atoms with E-state index in [2.05, 4.69) is 4.72 Å². The van der Waals surface area contributed by atoms with Gasteiger partial charge in [-0.2, -0.15) is 0 Å². The number of nitrogens with two attached hydrogens (primary N) is 1. The quantitative estimate of drug-likeness (QED) is 0.385. The second-order valence-electron chi connectivity index (χ2n) is 4.76. The highest BCUT2D eigenvalue weighted by Gasteiger charge is 2.16. The lowest BCUT2D eigenvalue weighted by atomic mass is 10.2. The van der Waals surface area contributed by atoms with E-state index in [1.54, 1.807) is 0 Å². The molecule has 9 heteroatoms. The fourth-order valence-electron chi connectivity index (χ4n) is 1.81. The summed E-state index contributed by atoms with van der Waals surface area (Å²) in [6.45, 7) is -0.162. The zero-order chi connectivity index (χ0) is 17.6. The van der Waals surface area contributed by atoms with Crippen molar-refractivity contribution in [3.05, 3.63) is 59.1 Å². The second kappa shape index (κ2) is 8.11. The summed E-state index contributed by atoms with van der Waals surface area (Å²) < 4.78 is 32.2. The molecule has 0 heterocycles. The van der Waals surface area contributed by atoms with Crippen molar-refractivity contribution in [2.75, 3.05) is 6.61 Å². The van der Waals surface area contributed by atoms with Crippen LogP contribution in [-0.2, 0) is 21.4 Å². The van der Waals surface area contributed by atoms with Crippen molar-refractivity contribution < 1.29 is 17.9 Å². The molecule has 2 aromatic rings. The Morgan fingerprint density at radius 1 is 1.17 bits per heavy atom. The summed E-state index contributed by atoms with van der Waals surface area (Å²) in [6.07, 6.45) is 0. The van der Waals surface area contributed by atoms with Gasteiger partial charge in [0.15, 0.2) is 6.61 Å². The molecule has 4 N–H and O–H groups in total. The average molecular weight is 370 g/mol. The van der Waals surface area contributed by atoms with Gasteiger partial charge in [0.25, 0.3) is 5.91 Å². The molecule has 0 aromatic heterocycles. The third-order valence-electron chi connectivity index (χ3n) is 3.04. The molecular formula is C15H16ClN3O4S. The first-order valence-electron chi connectivity index (χ1n) is 6.88. The SMILES string of the molecule is NNC(=O)COc1ccc(S(=O)(=O)NCc2ccccc2)cc1Cl. The maximum atomic E-state index is 12.3. The fourth-order valence-corrected chi connectivity index (χ4v) is 3.15. The van der Waals surface area contributed by atoms with Gasteiger partial charge in [-0.05, 0) is 23.8 Å². The fraction of sp³-hybridized carbons (Fsp3) is 0.133. The van der Waals surface area contributed by atoms with E-state index in [0.29, 0.717) is 0 Å². The predicted molar refractivity (Wildman–Crippen MR) is 89.7 cm³/mol. The first kappa shape index (κ1) is 18.2. The highest BCUT2D eigenvalue weighted by atomic mass is 35.5. The van der Waals surface area contributed by atoms with Gasteiger partial charge in [-0.1, -0.05) is 41.9 Å². The molecule has 0 fully saturated rings. The summed E-state index contributed by atoms with van der Waals surface area (Å²) in [4.78, 5) is 11.0. The Hall–Kier alpha value is -2.13. The number of hydrogen-bond acceptors (Lipinski definition) is 5. The number of hydrogen-bond donors (Lipinski definition) is 3. The van der Waals surface area contributed by atoms with Crippen LogP contribution in [0, 0.1) is 0 Å². The molecule has 0 spiro atoms. The van der Waals surface area contributed by atoms with Gasteiger partial charge in [0.05, 0.1) is 9.92 Å². The number of halogens is 1. The van der Waals surface area contributed by atoms with Gasteiger partial charge in [0, 0.05) is 6.54 Å². The Morgan fingerprint density at radius 2 is 1.88 bits per heavy atom. The van der Waals surface area contributed by atoms with Crippen molar-refractivity contribution >= 4 is 27.5 Å². The van der Waals surface area contributed by atoms with E-state index in [4.69, 9.17) is 22.2 Å². The van der Waals surface area contributed by atoms with Crippen LogP contribution in [-0.4, -0.2) is 20.9 Å². The van der Waals surface area contributed by atoms with Crippen LogP contribution in [0.5, 0.6) is 5.75 Å². The molecule has 1 amide bonds. The number of hydrazine groups is 1. The number of benzene rings is 2. The predicted octanol–water partition coefficient (Wildman–Crippen LogP) is 1.19. The third kappa shape index (κ3) is 4.93. The van der Waals surface area contributed by atoms with E-state index in [1.165, 1.54) is 18.2 Å². The molecule has 0 aliphatic heterocycles. The normalized spacial score (nSPS) is 11.1. The van der Waals surface area contributed by atoms with Crippen molar-refractivity contribution in [2.45, 2.75) is 11.4 Å². The van der Waals surface area contributed by atoms with Crippen LogP contribution in [0.25, 0.3) is 0 Å². The zero-order valence-corrected chi connectivity index (χ0v) is 14.1. The highest BCUT2D eigenvalue weighted by molar-refractivity contribution is 7.89. The number of ether oxygens (including phenoxy) is 1. The molecule has 128 valence electrons. The number of amides is 1. The molecule has 2 aromatic carbocycles. The van der Waals surface area contributed by atoms with Crippen LogP contribution in [0.4, 0.5) is 0 Å². The summed E-state index contributed by atoms with van der Waals surface area (Å²) in [5.41, 5.74) is 2.74. The maximum Gasteiger partial charge on any atom is 0.271 e. The van der Waals surface area contributed by atoms with Crippen LogP contribution in [0.1, 0.15) is 5.56 Å². The minimum absolute atomic E-state index is 0.000873. The Bertz CT molecular complexity index is 813. The number of nitrogens with one attached hydrogen (secondary N) is 2.